The molecular weight excluding hydrogens is 228 g/mol. The summed E-state index contributed by atoms with van der Waals surface area (Å²) in [5.41, 5.74) is -0.846. The molecule has 4 heteroatoms. The van der Waals surface area contributed by atoms with Crippen LogP contribution >= 0.6 is 0 Å². The molecule has 1 aliphatic heterocycles. The van der Waals surface area contributed by atoms with Gasteiger partial charge in [0.1, 0.15) is 5.41 Å². The van der Waals surface area contributed by atoms with Crippen LogP contribution in [0.5, 0.6) is 0 Å². The fraction of sp³-hybridized carbons (Fsp3) is 0.857. The molecular formula is C14H24N2O2. The van der Waals surface area contributed by atoms with E-state index in [-0.39, 0.29) is 12.5 Å². The van der Waals surface area contributed by atoms with Crippen LogP contribution in [-0.2, 0) is 4.79 Å². The minimum absolute atomic E-state index is 0.0161. The van der Waals surface area contributed by atoms with E-state index >= 15 is 0 Å². The molecule has 1 unspecified atom stereocenters. The minimum Gasteiger partial charge on any atom is -0.396 e. The van der Waals surface area contributed by atoms with Gasteiger partial charge in [-0.05, 0) is 38.0 Å². The van der Waals surface area contributed by atoms with Gasteiger partial charge < -0.3 is 10.0 Å². The molecule has 0 aromatic carbocycles. The number of piperidine rings is 1. The highest BCUT2D eigenvalue weighted by molar-refractivity contribution is 5.85. The first-order valence-electron chi connectivity index (χ1n) is 6.95. The number of nitriles is 1. The van der Waals surface area contributed by atoms with Crippen LogP contribution in [0.15, 0.2) is 0 Å². The van der Waals surface area contributed by atoms with Crippen LogP contribution < -0.4 is 0 Å². The van der Waals surface area contributed by atoms with E-state index in [2.05, 4.69) is 6.07 Å². The van der Waals surface area contributed by atoms with Crippen LogP contribution in [0.3, 0.4) is 0 Å². The third-order valence-corrected chi connectivity index (χ3v) is 4.17. The first-order chi connectivity index (χ1) is 8.63. The Labute approximate surface area is 110 Å². The zero-order valence-electron chi connectivity index (χ0n) is 11.5. The van der Waals surface area contributed by atoms with Gasteiger partial charge in [0.2, 0.25) is 5.91 Å². The Morgan fingerprint density at radius 3 is 2.67 bits per heavy atom. The second-order valence-corrected chi connectivity index (χ2v) is 5.17. The zero-order chi connectivity index (χ0) is 13.6. The third kappa shape index (κ3) is 3.02. The fourth-order valence-corrected chi connectivity index (χ4v) is 2.73. The summed E-state index contributed by atoms with van der Waals surface area (Å²) < 4.78 is 0. The lowest BCUT2D eigenvalue weighted by Crippen LogP contribution is -2.47. The maximum Gasteiger partial charge on any atom is 0.243 e. The summed E-state index contributed by atoms with van der Waals surface area (Å²) in [6, 6.07) is 2.22. The first-order valence-corrected chi connectivity index (χ1v) is 6.95. The average Bonchev–Trinajstić information content (AvgIpc) is 2.42. The quantitative estimate of drug-likeness (QED) is 0.813. The molecule has 102 valence electrons. The van der Waals surface area contributed by atoms with Crippen LogP contribution in [-0.4, -0.2) is 35.6 Å². The molecule has 1 fully saturated rings. The number of nitrogens with zero attached hydrogens (tertiary/aromatic N) is 2. The Bertz CT molecular complexity index is 316. The highest BCUT2D eigenvalue weighted by atomic mass is 16.3. The van der Waals surface area contributed by atoms with E-state index < -0.39 is 5.41 Å². The van der Waals surface area contributed by atoms with Gasteiger partial charge >= 0.3 is 0 Å². The van der Waals surface area contributed by atoms with Gasteiger partial charge in [0.15, 0.2) is 0 Å². The number of aliphatic hydroxyl groups excluding tert-OH is 1. The normalized spacial score (nSPS) is 20.6. The predicted molar refractivity (Wildman–Crippen MR) is 69.6 cm³/mol. The highest BCUT2D eigenvalue weighted by Crippen LogP contribution is 2.30. The lowest BCUT2D eigenvalue weighted by molar-refractivity contribution is -0.141. The van der Waals surface area contributed by atoms with E-state index in [9.17, 15) is 10.1 Å². The van der Waals surface area contributed by atoms with E-state index in [0.29, 0.717) is 25.3 Å². The van der Waals surface area contributed by atoms with Gasteiger partial charge in [-0.15, -0.1) is 0 Å². The number of carbonyl (C=O) groups is 1. The van der Waals surface area contributed by atoms with Crippen molar-refractivity contribution in [2.24, 2.45) is 11.3 Å². The molecule has 1 amide bonds. The van der Waals surface area contributed by atoms with Crippen molar-refractivity contribution in [3.05, 3.63) is 0 Å². The van der Waals surface area contributed by atoms with Crippen molar-refractivity contribution in [3.63, 3.8) is 0 Å². The summed E-state index contributed by atoms with van der Waals surface area (Å²) in [5, 5.41) is 18.3. The summed E-state index contributed by atoms with van der Waals surface area (Å²) >= 11 is 0. The summed E-state index contributed by atoms with van der Waals surface area (Å²) in [6.45, 7) is 5.43. The number of likely N-dealkylation sites (tertiary alicyclic amines) is 1. The van der Waals surface area contributed by atoms with Gasteiger partial charge in [-0.2, -0.15) is 5.26 Å². The summed E-state index contributed by atoms with van der Waals surface area (Å²) in [4.78, 5) is 14.3. The molecule has 18 heavy (non-hydrogen) atoms. The van der Waals surface area contributed by atoms with Crippen LogP contribution in [0.2, 0.25) is 0 Å². The van der Waals surface area contributed by atoms with Crippen molar-refractivity contribution in [1.82, 2.24) is 4.90 Å². The standard InChI is InChI=1S/C14H24N2O2/c1-3-14(4-2,11-15)13(18)16-8-5-6-12(10-16)7-9-17/h12,17H,3-10H2,1-2H3. The van der Waals surface area contributed by atoms with Gasteiger partial charge in [0.05, 0.1) is 6.07 Å². The van der Waals surface area contributed by atoms with E-state index in [1.165, 1.54) is 0 Å². The monoisotopic (exact) mass is 252 g/mol. The van der Waals surface area contributed by atoms with E-state index in [1.807, 2.05) is 18.7 Å². The molecule has 1 N–H and O–H groups in total. The molecule has 1 saturated heterocycles. The van der Waals surface area contributed by atoms with Crippen molar-refractivity contribution < 1.29 is 9.90 Å². The van der Waals surface area contributed by atoms with Crippen molar-refractivity contribution in [1.29, 1.82) is 5.26 Å². The van der Waals surface area contributed by atoms with Crippen molar-refractivity contribution in [3.8, 4) is 6.07 Å². The number of rotatable bonds is 5. The largest absolute Gasteiger partial charge is 0.396 e. The number of hydrogen-bond donors (Lipinski definition) is 1. The molecule has 1 heterocycles. The van der Waals surface area contributed by atoms with Gasteiger partial charge in [-0.25, -0.2) is 0 Å². The SMILES string of the molecule is CCC(C#N)(CC)C(=O)N1CCCC(CCO)C1. The molecule has 0 radical (unpaired) electrons. The Morgan fingerprint density at radius 2 is 2.17 bits per heavy atom. The smallest absolute Gasteiger partial charge is 0.243 e. The number of aliphatic hydroxyl groups is 1. The first kappa shape index (κ1) is 15.0. The van der Waals surface area contributed by atoms with Crippen molar-refractivity contribution in [2.75, 3.05) is 19.7 Å². The van der Waals surface area contributed by atoms with Crippen LogP contribution in [0.1, 0.15) is 46.0 Å². The average molecular weight is 252 g/mol. The summed E-state index contributed by atoms with van der Waals surface area (Å²) in [6.07, 6.45) is 3.94. The maximum absolute atomic E-state index is 12.5. The number of hydrogen-bond acceptors (Lipinski definition) is 3. The van der Waals surface area contributed by atoms with Gasteiger partial charge in [0, 0.05) is 19.7 Å². The van der Waals surface area contributed by atoms with E-state index in [4.69, 9.17) is 5.11 Å². The third-order valence-electron chi connectivity index (χ3n) is 4.17. The predicted octanol–water partition coefficient (Wildman–Crippen LogP) is 1.94. The lowest BCUT2D eigenvalue weighted by Gasteiger charge is -2.37. The molecule has 1 atom stereocenters. The van der Waals surface area contributed by atoms with Crippen LogP contribution in [0, 0.1) is 22.7 Å². The molecule has 0 bridgehead atoms. The number of amides is 1. The second kappa shape index (κ2) is 6.75. The molecule has 0 aromatic rings. The Hall–Kier alpha value is -1.08. The fourth-order valence-electron chi connectivity index (χ4n) is 2.73. The highest BCUT2D eigenvalue weighted by Gasteiger charge is 2.39. The van der Waals surface area contributed by atoms with E-state index in [1.54, 1.807) is 0 Å². The molecule has 4 nitrogen and oxygen atoms in total. The van der Waals surface area contributed by atoms with Crippen molar-refractivity contribution >= 4 is 5.91 Å². The summed E-state index contributed by atoms with van der Waals surface area (Å²) in [7, 11) is 0. The molecule has 1 aliphatic rings. The lowest BCUT2D eigenvalue weighted by atomic mass is 9.81. The molecule has 0 saturated carbocycles. The minimum atomic E-state index is -0.846. The van der Waals surface area contributed by atoms with Gasteiger partial charge in [-0.1, -0.05) is 13.8 Å². The van der Waals surface area contributed by atoms with Crippen LogP contribution in [0.4, 0.5) is 0 Å². The Morgan fingerprint density at radius 1 is 1.50 bits per heavy atom. The summed E-state index contributed by atoms with van der Waals surface area (Å²) in [5.74, 6) is 0.371. The number of carbonyl (C=O) groups excluding carboxylic acids is 1. The van der Waals surface area contributed by atoms with Gasteiger partial charge in [0.25, 0.3) is 0 Å². The zero-order valence-corrected chi connectivity index (χ0v) is 11.5. The molecule has 1 rings (SSSR count). The van der Waals surface area contributed by atoms with Crippen molar-refractivity contribution in [2.45, 2.75) is 46.0 Å². The second-order valence-electron chi connectivity index (χ2n) is 5.17. The molecule has 0 spiro atoms. The maximum atomic E-state index is 12.5. The topological polar surface area (TPSA) is 64.3 Å². The van der Waals surface area contributed by atoms with Crippen LogP contribution in [0.25, 0.3) is 0 Å². The Balaban J connectivity index is 2.74. The molecule has 0 aromatic heterocycles. The van der Waals surface area contributed by atoms with E-state index in [0.717, 1.165) is 25.8 Å². The molecule has 0 aliphatic carbocycles. The van der Waals surface area contributed by atoms with Gasteiger partial charge in [-0.3, -0.25) is 4.79 Å². The Kier molecular flexibility index (Phi) is 5.61.